The molecule has 2 aromatic carbocycles. The Kier molecular flexibility index (Phi) is 4.09. The quantitative estimate of drug-likeness (QED) is 0.826. The average Bonchev–Trinajstić information content (AvgIpc) is 2.46. The number of benzene rings is 2. The molecule has 0 aliphatic rings. The number of nitrogens with zero attached hydrogens (tertiary/aromatic N) is 2. The smallest absolute Gasteiger partial charge is 0.101 e. The maximum Gasteiger partial charge on any atom is 0.101 e. The second-order valence-corrected chi connectivity index (χ2v) is 4.90. The third-order valence-corrected chi connectivity index (χ3v) is 3.59. The Hall–Kier alpha value is -1.98. The lowest BCUT2D eigenvalue weighted by atomic mass is 10.1. The summed E-state index contributed by atoms with van der Waals surface area (Å²) in [5.41, 5.74) is 2.79. The monoisotopic (exact) mass is 270 g/mol. The van der Waals surface area contributed by atoms with E-state index in [4.69, 9.17) is 16.9 Å². The van der Waals surface area contributed by atoms with Gasteiger partial charge in [0.2, 0.25) is 0 Å². The van der Waals surface area contributed by atoms with Crippen molar-refractivity contribution in [2.75, 3.05) is 11.9 Å². The second-order valence-electron chi connectivity index (χ2n) is 4.47. The van der Waals surface area contributed by atoms with Crippen LogP contribution in [-0.4, -0.2) is 7.05 Å². The van der Waals surface area contributed by atoms with Crippen LogP contribution in [0.3, 0.4) is 0 Å². The Labute approximate surface area is 118 Å². The van der Waals surface area contributed by atoms with Crippen molar-refractivity contribution < 1.29 is 0 Å². The molecule has 1 atom stereocenters. The van der Waals surface area contributed by atoms with Gasteiger partial charge in [0.05, 0.1) is 17.3 Å². The molecule has 2 aromatic rings. The number of nitriles is 1. The topological polar surface area (TPSA) is 27.0 Å². The highest BCUT2D eigenvalue weighted by Crippen LogP contribution is 2.28. The van der Waals surface area contributed by atoms with Crippen LogP contribution in [0.15, 0.2) is 48.5 Å². The highest BCUT2D eigenvalue weighted by Gasteiger charge is 2.14. The van der Waals surface area contributed by atoms with E-state index in [0.717, 1.165) is 10.7 Å². The Morgan fingerprint density at radius 3 is 2.37 bits per heavy atom. The fourth-order valence-corrected chi connectivity index (χ4v) is 2.18. The van der Waals surface area contributed by atoms with E-state index < -0.39 is 0 Å². The van der Waals surface area contributed by atoms with Gasteiger partial charge in [-0.25, -0.2) is 0 Å². The molecule has 0 radical (unpaired) electrons. The molecule has 0 N–H and O–H groups in total. The molecule has 0 saturated carbocycles. The second kappa shape index (κ2) is 5.77. The first-order valence-corrected chi connectivity index (χ1v) is 6.48. The molecule has 0 aliphatic heterocycles. The van der Waals surface area contributed by atoms with E-state index in [0.29, 0.717) is 5.56 Å². The van der Waals surface area contributed by atoms with E-state index in [-0.39, 0.29) is 6.04 Å². The summed E-state index contributed by atoms with van der Waals surface area (Å²) in [6.07, 6.45) is 0. The van der Waals surface area contributed by atoms with Crippen LogP contribution in [0, 0.1) is 11.3 Å². The third kappa shape index (κ3) is 2.89. The summed E-state index contributed by atoms with van der Waals surface area (Å²) >= 11 is 5.90. The first-order chi connectivity index (χ1) is 9.13. The minimum Gasteiger partial charge on any atom is -0.367 e. The van der Waals surface area contributed by atoms with Crippen molar-refractivity contribution in [1.29, 1.82) is 5.26 Å². The summed E-state index contributed by atoms with van der Waals surface area (Å²) in [6.45, 7) is 2.11. The molecule has 0 saturated heterocycles. The zero-order valence-electron chi connectivity index (χ0n) is 11.0. The van der Waals surface area contributed by atoms with E-state index >= 15 is 0 Å². The van der Waals surface area contributed by atoms with Gasteiger partial charge in [0.15, 0.2) is 0 Å². The normalized spacial score (nSPS) is 11.7. The van der Waals surface area contributed by atoms with Gasteiger partial charge >= 0.3 is 0 Å². The molecule has 0 heterocycles. The van der Waals surface area contributed by atoms with Gasteiger partial charge in [-0.3, -0.25) is 0 Å². The zero-order chi connectivity index (χ0) is 13.8. The molecule has 0 bridgehead atoms. The van der Waals surface area contributed by atoms with Gasteiger partial charge in [0.25, 0.3) is 0 Å². The molecule has 0 aromatic heterocycles. The highest BCUT2D eigenvalue weighted by molar-refractivity contribution is 6.30. The number of halogens is 1. The molecular weight excluding hydrogens is 256 g/mol. The third-order valence-electron chi connectivity index (χ3n) is 3.34. The van der Waals surface area contributed by atoms with Crippen LogP contribution in [0.5, 0.6) is 0 Å². The molecule has 0 spiro atoms. The van der Waals surface area contributed by atoms with Crippen molar-refractivity contribution in [3.8, 4) is 6.07 Å². The van der Waals surface area contributed by atoms with E-state index in [1.54, 1.807) is 0 Å². The van der Waals surface area contributed by atoms with E-state index in [1.165, 1.54) is 5.56 Å². The van der Waals surface area contributed by atoms with Crippen LogP contribution in [0.25, 0.3) is 0 Å². The fraction of sp³-hybridized carbons (Fsp3) is 0.188. The van der Waals surface area contributed by atoms with Crippen LogP contribution in [0.1, 0.15) is 24.1 Å². The van der Waals surface area contributed by atoms with Crippen molar-refractivity contribution >= 4 is 17.3 Å². The van der Waals surface area contributed by atoms with Crippen molar-refractivity contribution in [1.82, 2.24) is 0 Å². The molecule has 0 amide bonds. The minimum atomic E-state index is 0.173. The number of hydrogen-bond acceptors (Lipinski definition) is 2. The first-order valence-electron chi connectivity index (χ1n) is 6.11. The minimum absolute atomic E-state index is 0.173. The Morgan fingerprint density at radius 2 is 1.74 bits per heavy atom. The molecular formula is C16H15ClN2. The van der Waals surface area contributed by atoms with E-state index in [9.17, 15) is 0 Å². The van der Waals surface area contributed by atoms with E-state index in [2.05, 4.69) is 17.9 Å². The van der Waals surface area contributed by atoms with Crippen molar-refractivity contribution in [3.05, 3.63) is 64.7 Å². The van der Waals surface area contributed by atoms with Crippen LogP contribution in [0.4, 0.5) is 5.69 Å². The molecule has 0 aliphatic carbocycles. The summed E-state index contributed by atoms with van der Waals surface area (Å²) in [6, 6.07) is 17.8. The molecule has 2 rings (SSSR count). The Bertz CT molecular complexity index is 599. The molecule has 19 heavy (non-hydrogen) atoms. The van der Waals surface area contributed by atoms with Gasteiger partial charge < -0.3 is 4.90 Å². The van der Waals surface area contributed by atoms with Crippen LogP contribution >= 0.6 is 11.6 Å². The SMILES string of the molecule is CC(c1ccc(Cl)cc1)N(C)c1ccccc1C#N. The van der Waals surface area contributed by atoms with Crippen molar-refractivity contribution in [2.45, 2.75) is 13.0 Å². The maximum atomic E-state index is 9.16. The van der Waals surface area contributed by atoms with Gasteiger partial charge in [-0.15, -0.1) is 0 Å². The fourth-order valence-electron chi connectivity index (χ4n) is 2.05. The van der Waals surface area contributed by atoms with Crippen LogP contribution < -0.4 is 4.90 Å². The molecule has 1 unspecified atom stereocenters. The highest BCUT2D eigenvalue weighted by atomic mass is 35.5. The van der Waals surface area contributed by atoms with Crippen molar-refractivity contribution in [3.63, 3.8) is 0 Å². The molecule has 0 fully saturated rings. The zero-order valence-corrected chi connectivity index (χ0v) is 11.7. The number of para-hydroxylation sites is 1. The van der Waals surface area contributed by atoms with Gasteiger partial charge in [0, 0.05) is 12.1 Å². The van der Waals surface area contributed by atoms with Gasteiger partial charge in [-0.2, -0.15) is 5.26 Å². The van der Waals surface area contributed by atoms with Crippen molar-refractivity contribution in [2.24, 2.45) is 0 Å². The molecule has 96 valence electrons. The van der Waals surface area contributed by atoms with Gasteiger partial charge in [-0.05, 0) is 36.8 Å². The lowest BCUT2D eigenvalue weighted by Gasteiger charge is -2.28. The Balaban J connectivity index is 2.31. The Morgan fingerprint density at radius 1 is 1.11 bits per heavy atom. The maximum absolute atomic E-state index is 9.16. The summed E-state index contributed by atoms with van der Waals surface area (Å²) in [5.74, 6) is 0. The number of rotatable bonds is 3. The standard InChI is InChI=1S/C16H15ClN2/c1-12(13-7-9-15(17)10-8-13)19(2)16-6-4-3-5-14(16)11-18/h3-10,12H,1-2H3. The summed E-state index contributed by atoms with van der Waals surface area (Å²) in [5, 5.41) is 9.89. The average molecular weight is 271 g/mol. The summed E-state index contributed by atoms with van der Waals surface area (Å²) in [4.78, 5) is 2.10. The molecule has 3 heteroatoms. The first kappa shape index (κ1) is 13.5. The summed E-state index contributed by atoms with van der Waals surface area (Å²) < 4.78 is 0. The van der Waals surface area contributed by atoms with E-state index in [1.807, 2.05) is 55.6 Å². The molecule has 2 nitrogen and oxygen atoms in total. The number of hydrogen-bond donors (Lipinski definition) is 0. The van der Waals surface area contributed by atoms with Gasteiger partial charge in [-0.1, -0.05) is 35.9 Å². The van der Waals surface area contributed by atoms with Crippen LogP contribution in [0.2, 0.25) is 5.02 Å². The predicted molar refractivity (Wildman–Crippen MR) is 79.4 cm³/mol. The predicted octanol–water partition coefficient (Wildman–Crippen LogP) is 4.41. The summed E-state index contributed by atoms with van der Waals surface area (Å²) in [7, 11) is 2.00. The lowest BCUT2D eigenvalue weighted by Crippen LogP contribution is -2.22. The van der Waals surface area contributed by atoms with Crippen LogP contribution in [-0.2, 0) is 0 Å². The largest absolute Gasteiger partial charge is 0.367 e. The van der Waals surface area contributed by atoms with Gasteiger partial charge in [0.1, 0.15) is 6.07 Å². The lowest BCUT2D eigenvalue weighted by molar-refractivity contribution is 0.739. The number of anilines is 1.